The average molecular weight is 392 g/mol. The molecule has 0 aliphatic carbocycles. The van der Waals surface area contributed by atoms with E-state index in [4.69, 9.17) is 9.47 Å². The van der Waals surface area contributed by atoms with Crippen LogP contribution in [0, 0.1) is 6.92 Å². The van der Waals surface area contributed by atoms with E-state index < -0.39 is 0 Å². The maximum Gasteiger partial charge on any atom is 0.270 e. The first-order valence-electron chi connectivity index (χ1n) is 9.26. The quantitative estimate of drug-likeness (QED) is 0.610. The zero-order chi connectivity index (χ0) is 20.6. The van der Waals surface area contributed by atoms with Gasteiger partial charge >= 0.3 is 0 Å². The number of ether oxygens (including phenoxy) is 2. The SMILES string of the molecule is COc1ccc(CCNC(=O)c2cc(C)nc(Nc3ccccc3OC)n2)cc1. The van der Waals surface area contributed by atoms with Crippen molar-refractivity contribution in [3.63, 3.8) is 0 Å². The van der Waals surface area contributed by atoms with Crippen molar-refractivity contribution in [1.82, 2.24) is 15.3 Å². The predicted octanol–water partition coefficient (Wildman–Crippen LogP) is 3.52. The minimum absolute atomic E-state index is 0.243. The van der Waals surface area contributed by atoms with Crippen LogP contribution >= 0.6 is 0 Å². The highest BCUT2D eigenvalue weighted by atomic mass is 16.5. The fourth-order valence-electron chi connectivity index (χ4n) is 2.81. The molecule has 29 heavy (non-hydrogen) atoms. The number of nitrogens with zero attached hydrogens (tertiary/aromatic N) is 2. The van der Waals surface area contributed by atoms with Crippen LogP contribution in [0.5, 0.6) is 11.5 Å². The molecule has 3 rings (SSSR count). The minimum Gasteiger partial charge on any atom is -0.497 e. The summed E-state index contributed by atoms with van der Waals surface area (Å²) < 4.78 is 10.5. The van der Waals surface area contributed by atoms with E-state index in [1.807, 2.05) is 55.5 Å². The van der Waals surface area contributed by atoms with Crippen molar-refractivity contribution in [2.24, 2.45) is 0 Å². The molecule has 0 saturated carbocycles. The molecule has 150 valence electrons. The van der Waals surface area contributed by atoms with Crippen LogP contribution in [0.15, 0.2) is 54.6 Å². The lowest BCUT2D eigenvalue weighted by Crippen LogP contribution is -2.27. The first-order valence-corrected chi connectivity index (χ1v) is 9.26. The van der Waals surface area contributed by atoms with E-state index in [2.05, 4.69) is 20.6 Å². The summed E-state index contributed by atoms with van der Waals surface area (Å²) in [5.74, 6) is 1.58. The predicted molar refractivity (Wildman–Crippen MR) is 112 cm³/mol. The molecule has 0 radical (unpaired) electrons. The van der Waals surface area contributed by atoms with E-state index in [-0.39, 0.29) is 5.91 Å². The third-order valence-electron chi connectivity index (χ3n) is 4.30. The van der Waals surface area contributed by atoms with E-state index in [1.165, 1.54) is 0 Å². The van der Waals surface area contributed by atoms with Crippen LogP contribution in [-0.4, -0.2) is 36.6 Å². The standard InChI is InChI=1S/C22H24N4O3/c1-15-14-19(21(27)23-13-12-16-8-10-17(28-2)11-9-16)26-22(24-15)25-18-6-4-5-7-20(18)29-3/h4-11,14H,12-13H2,1-3H3,(H,23,27)(H,24,25,26). The van der Waals surface area contributed by atoms with Crippen LogP contribution < -0.4 is 20.1 Å². The summed E-state index contributed by atoms with van der Waals surface area (Å²) in [5, 5.41) is 6.02. The molecule has 0 unspecified atom stereocenters. The van der Waals surface area contributed by atoms with Gasteiger partial charge in [-0.25, -0.2) is 9.97 Å². The van der Waals surface area contributed by atoms with Gasteiger partial charge in [-0.1, -0.05) is 24.3 Å². The number of carbonyl (C=O) groups excluding carboxylic acids is 1. The molecule has 0 aliphatic heterocycles. The van der Waals surface area contributed by atoms with Gasteiger partial charge in [-0.2, -0.15) is 0 Å². The molecule has 7 nitrogen and oxygen atoms in total. The summed E-state index contributed by atoms with van der Waals surface area (Å²) >= 11 is 0. The zero-order valence-corrected chi connectivity index (χ0v) is 16.7. The number of para-hydroxylation sites is 2. The van der Waals surface area contributed by atoms with Gasteiger partial charge < -0.3 is 20.1 Å². The Hall–Kier alpha value is -3.61. The summed E-state index contributed by atoms with van der Waals surface area (Å²) in [6.45, 7) is 2.33. The number of carbonyl (C=O) groups is 1. The molecule has 1 aromatic heterocycles. The topological polar surface area (TPSA) is 85.4 Å². The Labute approximate surface area is 170 Å². The molecule has 7 heteroatoms. The van der Waals surface area contributed by atoms with E-state index in [0.717, 1.165) is 17.0 Å². The Morgan fingerprint density at radius 2 is 1.76 bits per heavy atom. The highest BCUT2D eigenvalue weighted by Gasteiger charge is 2.12. The van der Waals surface area contributed by atoms with Crippen LogP contribution in [0.1, 0.15) is 21.7 Å². The van der Waals surface area contributed by atoms with Gasteiger partial charge in [0.25, 0.3) is 5.91 Å². The van der Waals surface area contributed by atoms with Gasteiger partial charge in [0.15, 0.2) is 0 Å². The molecule has 0 aliphatic rings. The van der Waals surface area contributed by atoms with Gasteiger partial charge in [0, 0.05) is 12.2 Å². The molecule has 0 saturated heterocycles. The lowest BCUT2D eigenvalue weighted by molar-refractivity contribution is 0.0949. The molecule has 0 fully saturated rings. The maximum atomic E-state index is 12.5. The number of hydrogen-bond acceptors (Lipinski definition) is 6. The van der Waals surface area contributed by atoms with Crippen molar-refractivity contribution in [1.29, 1.82) is 0 Å². The minimum atomic E-state index is -0.243. The second-order valence-electron chi connectivity index (χ2n) is 6.40. The second-order valence-corrected chi connectivity index (χ2v) is 6.40. The third-order valence-corrected chi connectivity index (χ3v) is 4.30. The number of benzene rings is 2. The number of rotatable bonds is 8. The number of aryl methyl sites for hydroxylation is 1. The lowest BCUT2D eigenvalue weighted by atomic mass is 10.1. The number of hydrogen-bond donors (Lipinski definition) is 2. The molecule has 0 bridgehead atoms. The normalized spacial score (nSPS) is 10.3. The van der Waals surface area contributed by atoms with Crippen molar-refractivity contribution in [2.75, 3.05) is 26.1 Å². The zero-order valence-electron chi connectivity index (χ0n) is 16.7. The molecule has 2 N–H and O–H groups in total. The van der Waals surface area contributed by atoms with Crippen LogP contribution in [-0.2, 0) is 6.42 Å². The van der Waals surface area contributed by atoms with Crippen LogP contribution in [0.4, 0.5) is 11.6 Å². The monoisotopic (exact) mass is 392 g/mol. The smallest absolute Gasteiger partial charge is 0.270 e. The van der Waals surface area contributed by atoms with Gasteiger partial charge in [0.05, 0.1) is 19.9 Å². The summed E-state index contributed by atoms with van der Waals surface area (Å²) in [6, 6.07) is 16.9. The molecule has 0 spiro atoms. The Morgan fingerprint density at radius 1 is 1.00 bits per heavy atom. The van der Waals surface area contributed by atoms with Crippen LogP contribution in [0.2, 0.25) is 0 Å². The fraction of sp³-hybridized carbons (Fsp3) is 0.227. The second kappa shape index (κ2) is 9.54. The van der Waals surface area contributed by atoms with Gasteiger partial charge in [-0.05, 0) is 49.2 Å². The average Bonchev–Trinajstić information content (AvgIpc) is 2.74. The van der Waals surface area contributed by atoms with Crippen LogP contribution in [0.3, 0.4) is 0 Å². The Kier molecular flexibility index (Phi) is 6.63. The molecule has 2 aromatic carbocycles. The van der Waals surface area contributed by atoms with Gasteiger partial charge in [0.2, 0.25) is 5.95 Å². The third kappa shape index (κ3) is 5.44. The number of amides is 1. The molecular weight excluding hydrogens is 368 g/mol. The number of anilines is 2. The highest BCUT2D eigenvalue weighted by Crippen LogP contribution is 2.25. The van der Waals surface area contributed by atoms with Crippen molar-refractivity contribution in [2.45, 2.75) is 13.3 Å². The molecule has 3 aromatic rings. The highest BCUT2D eigenvalue weighted by molar-refractivity contribution is 5.92. The number of nitrogens with one attached hydrogen (secondary N) is 2. The largest absolute Gasteiger partial charge is 0.497 e. The number of aromatic nitrogens is 2. The van der Waals surface area contributed by atoms with Crippen molar-refractivity contribution in [3.05, 3.63) is 71.5 Å². The lowest BCUT2D eigenvalue weighted by Gasteiger charge is -2.11. The summed E-state index contributed by atoms with van der Waals surface area (Å²) in [7, 11) is 3.23. The summed E-state index contributed by atoms with van der Waals surface area (Å²) in [4.78, 5) is 21.2. The van der Waals surface area contributed by atoms with Crippen LogP contribution in [0.25, 0.3) is 0 Å². The van der Waals surface area contributed by atoms with Gasteiger partial charge in [0.1, 0.15) is 17.2 Å². The summed E-state index contributed by atoms with van der Waals surface area (Å²) in [6.07, 6.45) is 0.714. The first kappa shape index (κ1) is 20.1. The van der Waals surface area contributed by atoms with E-state index in [9.17, 15) is 4.79 Å². The Morgan fingerprint density at radius 3 is 2.48 bits per heavy atom. The fourth-order valence-corrected chi connectivity index (χ4v) is 2.81. The Bertz CT molecular complexity index is 974. The van der Waals surface area contributed by atoms with Gasteiger partial charge in [-0.15, -0.1) is 0 Å². The van der Waals surface area contributed by atoms with Gasteiger partial charge in [-0.3, -0.25) is 4.79 Å². The molecule has 1 amide bonds. The molecule has 1 heterocycles. The van der Waals surface area contributed by atoms with E-state index >= 15 is 0 Å². The van der Waals surface area contributed by atoms with E-state index in [0.29, 0.717) is 36.1 Å². The first-order chi connectivity index (χ1) is 14.1. The van der Waals surface area contributed by atoms with Crippen molar-refractivity contribution >= 4 is 17.5 Å². The van der Waals surface area contributed by atoms with E-state index in [1.54, 1.807) is 20.3 Å². The number of methoxy groups -OCH3 is 2. The summed E-state index contributed by atoms with van der Waals surface area (Å²) in [5.41, 5.74) is 2.84. The Balaban J connectivity index is 1.64. The molecular formula is C22H24N4O3. The maximum absolute atomic E-state index is 12.5. The van der Waals surface area contributed by atoms with Crippen molar-refractivity contribution in [3.8, 4) is 11.5 Å². The molecule has 0 atom stereocenters. The van der Waals surface area contributed by atoms with Crippen molar-refractivity contribution < 1.29 is 14.3 Å².